The average molecular weight is 435 g/mol. The smallest absolute Gasteiger partial charge is 0.293 e. The van der Waals surface area contributed by atoms with Crippen molar-refractivity contribution < 1.29 is 14.0 Å². The Morgan fingerprint density at radius 2 is 2.03 bits per heavy atom. The van der Waals surface area contributed by atoms with Crippen LogP contribution in [0.15, 0.2) is 53.9 Å². The fourth-order valence-corrected chi connectivity index (χ4v) is 3.58. The first-order valence-electron chi connectivity index (χ1n) is 9.86. The van der Waals surface area contributed by atoms with Gasteiger partial charge in [0, 0.05) is 30.7 Å². The number of pyridine rings is 1. The molecule has 9 nitrogen and oxygen atoms in total. The van der Waals surface area contributed by atoms with Crippen LogP contribution in [0.3, 0.4) is 0 Å². The van der Waals surface area contributed by atoms with Gasteiger partial charge in [-0.05, 0) is 43.7 Å². The van der Waals surface area contributed by atoms with E-state index in [-0.39, 0.29) is 23.6 Å². The van der Waals surface area contributed by atoms with E-state index in [4.69, 9.17) is 5.73 Å². The van der Waals surface area contributed by atoms with E-state index < -0.39 is 23.2 Å². The molecule has 3 aromatic rings. The molecule has 1 atom stereocenters. The number of anilines is 2. The van der Waals surface area contributed by atoms with Crippen molar-refractivity contribution in [2.24, 2.45) is 17.8 Å². The van der Waals surface area contributed by atoms with E-state index in [2.05, 4.69) is 20.4 Å². The highest BCUT2D eigenvalue weighted by molar-refractivity contribution is 6.42. The Balaban J connectivity index is 1.67. The van der Waals surface area contributed by atoms with Crippen LogP contribution in [0.25, 0.3) is 0 Å². The predicted octanol–water partition coefficient (Wildman–Crippen LogP) is 2.13. The molecule has 1 unspecified atom stereocenters. The Kier molecular flexibility index (Phi) is 5.21. The molecule has 164 valence electrons. The molecule has 3 heterocycles. The monoisotopic (exact) mass is 435 g/mol. The first kappa shape index (κ1) is 21.2. The zero-order valence-electron chi connectivity index (χ0n) is 17.8. The Morgan fingerprint density at radius 3 is 2.69 bits per heavy atom. The molecule has 0 saturated carbocycles. The van der Waals surface area contributed by atoms with Crippen molar-refractivity contribution in [1.29, 1.82) is 0 Å². The van der Waals surface area contributed by atoms with E-state index in [0.29, 0.717) is 11.4 Å². The number of aromatic nitrogens is 3. The lowest BCUT2D eigenvalue weighted by molar-refractivity contribution is -0.113. The fraction of sp³-hybridized carbons (Fsp3) is 0.227. The zero-order valence-corrected chi connectivity index (χ0v) is 17.8. The number of carbonyl (C=O) groups is 2. The second-order valence-corrected chi connectivity index (χ2v) is 7.90. The highest BCUT2D eigenvalue weighted by atomic mass is 19.1. The van der Waals surface area contributed by atoms with Crippen LogP contribution in [-0.2, 0) is 17.4 Å². The third kappa shape index (κ3) is 3.94. The third-order valence-electron chi connectivity index (χ3n) is 5.25. The molecule has 0 radical (unpaired) electrons. The van der Waals surface area contributed by atoms with Crippen molar-refractivity contribution in [2.75, 3.05) is 16.8 Å². The zero-order chi connectivity index (χ0) is 23.0. The topological polar surface area (TPSA) is 118 Å². The second-order valence-electron chi connectivity index (χ2n) is 7.90. The van der Waals surface area contributed by atoms with Crippen molar-refractivity contribution in [1.82, 2.24) is 14.8 Å². The summed E-state index contributed by atoms with van der Waals surface area (Å²) in [5.74, 6) is -1.67. The highest BCUT2D eigenvalue weighted by Gasteiger charge is 2.40. The van der Waals surface area contributed by atoms with Crippen LogP contribution < -0.4 is 16.0 Å². The minimum absolute atomic E-state index is 0.0477. The van der Waals surface area contributed by atoms with Crippen LogP contribution in [0, 0.1) is 12.7 Å². The van der Waals surface area contributed by atoms with E-state index >= 15 is 0 Å². The number of aliphatic imine (C=N–C) groups is 1. The Hall–Kier alpha value is -4.08. The van der Waals surface area contributed by atoms with Gasteiger partial charge >= 0.3 is 0 Å². The quantitative estimate of drug-likeness (QED) is 0.651. The van der Waals surface area contributed by atoms with Crippen molar-refractivity contribution in [2.45, 2.75) is 19.4 Å². The summed E-state index contributed by atoms with van der Waals surface area (Å²) in [7, 11) is 1.73. The first-order chi connectivity index (χ1) is 15.2. The molecule has 0 bridgehead atoms. The summed E-state index contributed by atoms with van der Waals surface area (Å²) in [6, 6.07) is 7.58. The summed E-state index contributed by atoms with van der Waals surface area (Å²) < 4.78 is 16.5. The molecule has 1 aliphatic heterocycles. The van der Waals surface area contributed by atoms with Crippen molar-refractivity contribution in [3.8, 4) is 0 Å². The van der Waals surface area contributed by atoms with E-state index in [0.717, 1.165) is 5.56 Å². The van der Waals surface area contributed by atoms with Crippen molar-refractivity contribution >= 4 is 29.0 Å². The van der Waals surface area contributed by atoms with Crippen molar-refractivity contribution in [3.05, 3.63) is 71.6 Å². The lowest BCUT2D eigenvalue weighted by Crippen LogP contribution is -2.52. The number of carbonyl (C=O) groups excluding carboxylic acids is 2. The lowest BCUT2D eigenvalue weighted by atomic mass is 9.89. The molecular formula is C22H22FN7O2. The number of hydrogen-bond donors (Lipinski definition) is 2. The molecule has 32 heavy (non-hydrogen) atoms. The molecule has 2 amide bonds. The number of halogens is 1. The van der Waals surface area contributed by atoms with E-state index in [1.165, 1.54) is 29.3 Å². The Labute approximate surface area is 183 Å². The van der Waals surface area contributed by atoms with Crippen LogP contribution in [-0.4, -0.2) is 39.0 Å². The van der Waals surface area contributed by atoms with Crippen LogP contribution in [0.4, 0.5) is 15.8 Å². The summed E-state index contributed by atoms with van der Waals surface area (Å²) in [5.41, 5.74) is 6.99. The number of amides is 2. The van der Waals surface area contributed by atoms with Gasteiger partial charge in [-0.25, -0.2) is 4.39 Å². The lowest BCUT2D eigenvalue weighted by Gasteiger charge is -2.36. The maximum atomic E-state index is 14.9. The first-order valence-corrected chi connectivity index (χ1v) is 9.86. The summed E-state index contributed by atoms with van der Waals surface area (Å²) in [5, 5.41) is 6.81. The largest absolute Gasteiger partial charge is 0.379 e. The molecule has 2 aromatic heterocycles. The number of nitrogens with two attached hydrogens (primary N) is 1. The molecule has 0 fully saturated rings. The summed E-state index contributed by atoms with van der Waals surface area (Å²) in [6.45, 7) is 3.60. The molecular weight excluding hydrogens is 413 g/mol. The van der Waals surface area contributed by atoms with Crippen LogP contribution in [0.1, 0.15) is 28.5 Å². The SMILES string of the molecule is Cc1ccc(C(=O)Nc2ccc(F)c(C3(C)CN(c4cnn(C)c4)C(=O)C(N)=N3)c2)nc1. The van der Waals surface area contributed by atoms with Gasteiger partial charge in [0.25, 0.3) is 11.8 Å². The van der Waals surface area contributed by atoms with Gasteiger partial charge in [0.2, 0.25) is 0 Å². The number of amidine groups is 1. The van der Waals surface area contributed by atoms with Gasteiger partial charge < -0.3 is 11.1 Å². The average Bonchev–Trinajstić information content (AvgIpc) is 3.18. The second kappa shape index (κ2) is 7.88. The summed E-state index contributed by atoms with van der Waals surface area (Å²) >= 11 is 0. The van der Waals surface area contributed by atoms with Crippen LogP contribution >= 0.6 is 0 Å². The fourth-order valence-electron chi connectivity index (χ4n) is 3.58. The number of hydrogen-bond acceptors (Lipinski definition) is 6. The van der Waals surface area contributed by atoms with Crippen molar-refractivity contribution in [3.63, 3.8) is 0 Å². The van der Waals surface area contributed by atoms with Crippen LogP contribution in [0.5, 0.6) is 0 Å². The van der Waals surface area contributed by atoms with Crippen LogP contribution in [0.2, 0.25) is 0 Å². The Morgan fingerprint density at radius 1 is 1.25 bits per heavy atom. The minimum atomic E-state index is -1.18. The van der Waals surface area contributed by atoms with E-state index in [1.807, 2.05) is 6.92 Å². The summed E-state index contributed by atoms with van der Waals surface area (Å²) in [4.78, 5) is 35.0. The van der Waals surface area contributed by atoms with Gasteiger partial charge in [-0.3, -0.25) is 29.1 Å². The Bertz CT molecular complexity index is 1240. The van der Waals surface area contributed by atoms with Gasteiger partial charge in [0.05, 0.1) is 18.4 Å². The van der Waals surface area contributed by atoms with Gasteiger partial charge in [-0.1, -0.05) is 6.07 Å². The number of rotatable bonds is 4. The number of benzene rings is 1. The molecule has 1 aromatic carbocycles. The molecule has 10 heteroatoms. The summed E-state index contributed by atoms with van der Waals surface area (Å²) in [6.07, 6.45) is 4.78. The molecule has 0 saturated heterocycles. The van der Waals surface area contributed by atoms with Gasteiger partial charge in [-0.15, -0.1) is 0 Å². The number of nitrogens with one attached hydrogen (secondary N) is 1. The maximum Gasteiger partial charge on any atom is 0.293 e. The number of nitrogens with zero attached hydrogens (tertiary/aromatic N) is 5. The van der Waals surface area contributed by atoms with E-state index in [9.17, 15) is 14.0 Å². The minimum Gasteiger partial charge on any atom is -0.379 e. The van der Waals surface area contributed by atoms with E-state index in [1.54, 1.807) is 43.2 Å². The standard InChI is InChI=1S/C22H22FN7O2/c1-13-4-7-18(25-9-13)20(31)27-14-5-6-17(23)16(8-14)22(2)12-30(21(32)19(24)28-22)15-10-26-29(3)11-15/h4-11H,12H2,1-3H3,(H2,24,28)(H,27,31). The number of aryl methyl sites for hydroxylation is 2. The van der Waals surface area contributed by atoms with Gasteiger partial charge in [0.15, 0.2) is 5.84 Å². The predicted molar refractivity (Wildman–Crippen MR) is 118 cm³/mol. The molecule has 0 spiro atoms. The molecule has 4 rings (SSSR count). The molecule has 0 aliphatic carbocycles. The molecule has 3 N–H and O–H groups in total. The highest BCUT2D eigenvalue weighted by Crippen LogP contribution is 2.35. The van der Waals surface area contributed by atoms with Gasteiger partial charge in [0.1, 0.15) is 17.1 Å². The van der Waals surface area contributed by atoms with Gasteiger partial charge in [-0.2, -0.15) is 5.10 Å². The maximum absolute atomic E-state index is 14.9. The normalized spacial score (nSPS) is 18.4. The third-order valence-corrected chi connectivity index (χ3v) is 5.25. The molecule has 1 aliphatic rings.